The molecule has 1 rings (SSSR count). The number of rotatable bonds is 8. The maximum absolute atomic E-state index is 12.0. The fourth-order valence-electron chi connectivity index (χ4n) is 2.12. The van der Waals surface area contributed by atoms with Crippen molar-refractivity contribution in [3.05, 3.63) is 4.91 Å². The van der Waals surface area contributed by atoms with Crippen LogP contribution in [0.4, 0.5) is 4.79 Å². The Morgan fingerprint density at radius 1 is 1.50 bits per heavy atom. The van der Waals surface area contributed by atoms with Gasteiger partial charge in [0.2, 0.25) is 12.0 Å². The smallest absolute Gasteiger partial charge is 0.342 e. The summed E-state index contributed by atoms with van der Waals surface area (Å²) in [7, 11) is 0. The van der Waals surface area contributed by atoms with Crippen LogP contribution in [0.2, 0.25) is 0 Å². The third kappa shape index (κ3) is 4.51. The van der Waals surface area contributed by atoms with Crippen molar-refractivity contribution in [2.24, 2.45) is 5.29 Å². The molecule has 1 aliphatic rings. The van der Waals surface area contributed by atoms with E-state index in [-0.39, 0.29) is 19.0 Å². The van der Waals surface area contributed by atoms with Crippen molar-refractivity contribution in [3.63, 3.8) is 0 Å². The summed E-state index contributed by atoms with van der Waals surface area (Å²) < 4.78 is 10.5. The van der Waals surface area contributed by atoms with Crippen LogP contribution < -0.4 is 5.32 Å². The molecular weight excluding hydrogens is 350 g/mol. The summed E-state index contributed by atoms with van der Waals surface area (Å²) in [4.78, 5) is 22.7. The van der Waals surface area contributed by atoms with Crippen LogP contribution in [-0.2, 0) is 9.47 Å². The summed E-state index contributed by atoms with van der Waals surface area (Å²) in [5.74, 6) is -0.0956. The molecule has 140 valence electrons. The van der Waals surface area contributed by atoms with E-state index in [0.717, 1.165) is 0 Å². The predicted octanol–water partition coefficient (Wildman–Crippen LogP) is -1.53. The molecule has 0 spiro atoms. The summed E-state index contributed by atoms with van der Waals surface area (Å²) in [6.07, 6.45) is -5.98. The van der Waals surface area contributed by atoms with E-state index in [9.17, 15) is 30.1 Å². The molecule has 0 aromatic carbocycles. The fourth-order valence-corrected chi connectivity index (χ4v) is 2.28. The van der Waals surface area contributed by atoms with Crippen LogP contribution >= 0.6 is 11.6 Å². The van der Waals surface area contributed by atoms with Gasteiger partial charge in [-0.05, 0) is 6.42 Å². The van der Waals surface area contributed by atoms with Gasteiger partial charge in [-0.3, -0.25) is 0 Å². The Hall–Kier alpha value is -1.08. The Morgan fingerprint density at radius 3 is 2.67 bits per heavy atom. The molecule has 5 N–H and O–H groups in total. The summed E-state index contributed by atoms with van der Waals surface area (Å²) >= 11 is 5.43. The number of ether oxygens (including phenoxy) is 2. The Labute approximate surface area is 143 Å². The normalized spacial score (nSPS) is 33.1. The van der Waals surface area contributed by atoms with Crippen molar-refractivity contribution < 1.29 is 34.7 Å². The lowest BCUT2D eigenvalue weighted by Gasteiger charge is -2.47. The molecule has 0 bridgehead atoms. The van der Waals surface area contributed by atoms with Gasteiger partial charge in [-0.15, -0.1) is 16.5 Å². The molecule has 0 radical (unpaired) electrons. The number of hydrogen-bond acceptors (Lipinski definition) is 9. The van der Waals surface area contributed by atoms with E-state index >= 15 is 0 Å². The van der Waals surface area contributed by atoms with Gasteiger partial charge in [0.15, 0.2) is 0 Å². The molecular formula is C12H22ClN3O8. The number of aliphatic hydroxyl groups is 4. The highest BCUT2D eigenvalue weighted by atomic mass is 35.5. The van der Waals surface area contributed by atoms with Gasteiger partial charge >= 0.3 is 6.03 Å². The minimum atomic E-state index is -2.58. The first-order valence-electron chi connectivity index (χ1n) is 7.31. The first-order chi connectivity index (χ1) is 11.3. The third-order valence-corrected chi connectivity index (χ3v) is 3.57. The summed E-state index contributed by atoms with van der Waals surface area (Å²) in [5.41, 5.74) is -2.58. The maximum atomic E-state index is 12.0. The number of aliphatic hydroxyl groups excluding tert-OH is 3. The topological polar surface area (TPSA) is 161 Å². The van der Waals surface area contributed by atoms with E-state index in [1.54, 1.807) is 6.92 Å². The van der Waals surface area contributed by atoms with E-state index in [0.29, 0.717) is 11.4 Å². The molecule has 1 fully saturated rings. The second kappa shape index (κ2) is 9.42. The maximum Gasteiger partial charge on any atom is 0.342 e. The molecule has 0 aromatic rings. The molecule has 0 aliphatic carbocycles. The highest BCUT2D eigenvalue weighted by Crippen LogP contribution is 2.29. The van der Waals surface area contributed by atoms with Crippen molar-refractivity contribution in [2.75, 3.05) is 25.6 Å². The molecule has 0 unspecified atom stereocenters. The molecule has 1 aliphatic heterocycles. The Bertz CT molecular complexity index is 431. The monoisotopic (exact) mass is 371 g/mol. The van der Waals surface area contributed by atoms with Crippen molar-refractivity contribution in [3.8, 4) is 0 Å². The highest BCUT2D eigenvalue weighted by Gasteiger charge is 2.57. The molecule has 0 saturated carbocycles. The number of urea groups is 1. The highest BCUT2D eigenvalue weighted by molar-refractivity contribution is 6.18. The molecule has 1 heterocycles. The zero-order chi connectivity index (χ0) is 18.3. The van der Waals surface area contributed by atoms with E-state index < -0.39 is 43.0 Å². The average molecular weight is 372 g/mol. The Kier molecular flexibility index (Phi) is 8.22. The number of nitrogens with one attached hydrogen (secondary N) is 1. The molecule has 1 saturated heterocycles. The van der Waals surface area contributed by atoms with E-state index in [1.807, 2.05) is 5.32 Å². The van der Waals surface area contributed by atoms with Gasteiger partial charge in [0.25, 0.3) is 0 Å². The number of halogens is 1. The largest absolute Gasteiger partial charge is 0.394 e. The van der Waals surface area contributed by atoms with Gasteiger partial charge in [-0.25, -0.2) is 4.79 Å². The predicted molar refractivity (Wildman–Crippen MR) is 80.7 cm³/mol. The number of carbonyl (C=O) groups excluding carboxylic acids is 1. The molecule has 11 nitrogen and oxygen atoms in total. The van der Waals surface area contributed by atoms with E-state index in [2.05, 4.69) is 5.29 Å². The molecule has 2 amide bonds. The van der Waals surface area contributed by atoms with Crippen molar-refractivity contribution in [1.82, 2.24) is 10.3 Å². The van der Waals surface area contributed by atoms with Gasteiger partial charge in [0, 0.05) is 12.5 Å². The fraction of sp³-hybridized carbons (Fsp3) is 0.917. The van der Waals surface area contributed by atoms with Crippen LogP contribution in [0.15, 0.2) is 5.29 Å². The lowest BCUT2D eigenvalue weighted by atomic mass is 9.93. The van der Waals surface area contributed by atoms with Crippen LogP contribution in [0.3, 0.4) is 0 Å². The van der Waals surface area contributed by atoms with Crippen molar-refractivity contribution >= 4 is 17.6 Å². The standard InChI is InChI=1S/C12H22ClN3O8/c1-2-5-23-10-12(21,9(19)8(18)7(6-17)24-10)14-11(20)16(15-22)4-3-13/h7-10,17-19,21H,2-6H2,1H3,(H,14,20)/t7-,8-,9+,10-,12+/m1/s1. The summed E-state index contributed by atoms with van der Waals surface area (Å²) in [6.45, 7) is 0.976. The first-order valence-corrected chi connectivity index (χ1v) is 7.84. The van der Waals surface area contributed by atoms with Gasteiger partial charge in [0.1, 0.15) is 18.3 Å². The lowest BCUT2D eigenvalue weighted by Crippen LogP contribution is -2.74. The van der Waals surface area contributed by atoms with Crippen LogP contribution in [0, 0.1) is 4.91 Å². The summed E-state index contributed by atoms with van der Waals surface area (Å²) in [6, 6.07) is -1.17. The SMILES string of the molecule is CCCO[C@@H]1O[C@H](CO)[C@@H](O)[C@H](O)[C@@]1(O)NC(=O)N(CCCl)N=O. The quantitative estimate of drug-likeness (QED) is 0.149. The van der Waals surface area contributed by atoms with Gasteiger partial charge in [0.05, 0.1) is 18.4 Å². The number of carbonyl (C=O) groups is 1. The third-order valence-electron chi connectivity index (χ3n) is 3.40. The Balaban J connectivity index is 3.01. The van der Waals surface area contributed by atoms with Crippen LogP contribution in [0.25, 0.3) is 0 Å². The lowest BCUT2D eigenvalue weighted by molar-refractivity contribution is -0.347. The number of alkyl halides is 1. The minimum Gasteiger partial charge on any atom is -0.394 e. The van der Waals surface area contributed by atoms with Gasteiger partial charge < -0.3 is 35.2 Å². The van der Waals surface area contributed by atoms with Gasteiger partial charge in [-0.1, -0.05) is 6.92 Å². The van der Waals surface area contributed by atoms with Crippen LogP contribution in [0.1, 0.15) is 13.3 Å². The number of nitroso groups, excluding NO2 is 1. The average Bonchev–Trinajstić information content (AvgIpc) is 2.57. The second-order valence-corrected chi connectivity index (χ2v) is 5.52. The number of amides is 2. The zero-order valence-corrected chi connectivity index (χ0v) is 13.8. The summed E-state index contributed by atoms with van der Waals surface area (Å²) in [5, 5.41) is 44.7. The molecule has 0 aromatic heterocycles. The van der Waals surface area contributed by atoms with Crippen LogP contribution in [0.5, 0.6) is 0 Å². The zero-order valence-electron chi connectivity index (χ0n) is 13.0. The minimum absolute atomic E-state index is 0.0956. The second-order valence-electron chi connectivity index (χ2n) is 5.14. The Morgan fingerprint density at radius 2 is 2.17 bits per heavy atom. The molecule has 24 heavy (non-hydrogen) atoms. The van der Waals surface area contributed by atoms with E-state index in [1.165, 1.54) is 0 Å². The number of nitrogens with zero attached hydrogens (tertiary/aromatic N) is 2. The van der Waals surface area contributed by atoms with Crippen molar-refractivity contribution in [1.29, 1.82) is 0 Å². The number of hydrogen-bond donors (Lipinski definition) is 5. The van der Waals surface area contributed by atoms with Gasteiger partial charge in [-0.2, -0.15) is 5.01 Å². The van der Waals surface area contributed by atoms with Crippen LogP contribution in [-0.4, -0.2) is 87.4 Å². The van der Waals surface area contributed by atoms with Crippen molar-refractivity contribution in [2.45, 2.75) is 43.7 Å². The molecule has 5 atom stereocenters. The molecule has 12 heteroatoms. The van der Waals surface area contributed by atoms with E-state index in [4.69, 9.17) is 21.1 Å². The first kappa shape index (κ1) is 21.0.